The Balaban J connectivity index is 1.33. The molecule has 2 saturated heterocycles. The number of imide groups is 1. The number of carbonyl (C=O) groups excluding carboxylic acids is 4. The van der Waals surface area contributed by atoms with Gasteiger partial charge in [0, 0.05) is 38.5 Å². The molecule has 1 atom stereocenters. The Morgan fingerprint density at radius 1 is 1.06 bits per heavy atom. The smallest absolute Gasteiger partial charge is 0.242 e. The monoisotopic (exact) mass is 493 g/mol. The molecule has 3 aliphatic rings. The number of methoxy groups -OCH3 is 1. The zero-order chi connectivity index (χ0) is 25.4. The van der Waals surface area contributed by atoms with E-state index in [4.69, 9.17) is 4.74 Å². The summed E-state index contributed by atoms with van der Waals surface area (Å²) in [6, 6.07) is 12.9. The zero-order valence-corrected chi connectivity index (χ0v) is 20.1. The van der Waals surface area contributed by atoms with E-state index >= 15 is 0 Å². The van der Waals surface area contributed by atoms with Gasteiger partial charge >= 0.3 is 0 Å². The van der Waals surface area contributed by atoms with E-state index in [0.29, 0.717) is 30.0 Å². The second-order valence-electron chi connectivity index (χ2n) is 9.72. The van der Waals surface area contributed by atoms with Crippen molar-refractivity contribution in [1.82, 2.24) is 14.7 Å². The number of nitrogens with zero attached hydrogens (tertiary/aromatic N) is 3. The Bertz CT molecular complexity index is 1210. The van der Waals surface area contributed by atoms with Crippen LogP contribution in [0.1, 0.15) is 36.8 Å². The van der Waals surface area contributed by atoms with Crippen molar-refractivity contribution in [1.29, 1.82) is 0 Å². The summed E-state index contributed by atoms with van der Waals surface area (Å²) in [5, 5.41) is 0. The van der Waals surface area contributed by atoms with Crippen molar-refractivity contribution in [3.63, 3.8) is 0 Å². The zero-order valence-electron chi connectivity index (χ0n) is 20.1. The highest BCUT2D eigenvalue weighted by molar-refractivity contribution is 6.11. The van der Waals surface area contributed by atoms with Crippen LogP contribution in [-0.2, 0) is 31.1 Å². The Morgan fingerprint density at radius 2 is 1.81 bits per heavy atom. The van der Waals surface area contributed by atoms with E-state index in [0.717, 1.165) is 12.8 Å². The van der Waals surface area contributed by atoms with Crippen molar-refractivity contribution in [2.24, 2.45) is 0 Å². The number of amides is 4. The maximum absolute atomic E-state index is 13.6. The number of hydrogen-bond donors (Lipinski definition) is 0. The molecule has 188 valence electrons. The highest BCUT2D eigenvalue weighted by Gasteiger charge is 2.57. The lowest BCUT2D eigenvalue weighted by Crippen LogP contribution is -2.53. The van der Waals surface area contributed by atoms with Crippen molar-refractivity contribution in [3.05, 3.63) is 65.5 Å². The number of likely N-dealkylation sites (tertiary alicyclic amines) is 1. The fraction of sp³-hybridized carbons (Fsp3) is 0.407. The second-order valence-corrected chi connectivity index (χ2v) is 9.72. The molecule has 2 aliphatic heterocycles. The maximum atomic E-state index is 13.6. The van der Waals surface area contributed by atoms with E-state index in [1.165, 1.54) is 21.9 Å². The van der Waals surface area contributed by atoms with Gasteiger partial charge in [-0.1, -0.05) is 24.3 Å². The summed E-state index contributed by atoms with van der Waals surface area (Å²) in [4.78, 5) is 57.2. The van der Waals surface area contributed by atoms with Gasteiger partial charge in [-0.15, -0.1) is 0 Å². The third-order valence-corrected chi connectivity index (χ3v) is 7.29. The largest absolute Gasteiger partial charge is 0.497 e. The average molecular weight is 494 g/mol. The lowest BCUT2D eigenvalue weighted by molar-refractivity contribution is -0.148. The summed E-state index contributed by atoms with van der Waals surface area (Å²) in [5.41, 5.74) is -0.0313. The Morgan fingerprint density at radius 3 is 2.44 bits per heavy atom. The predicted octanol–water partition coefficient (Wildman–Crippen LogP) is 2.25. The number of carbonyl (C=O) groups is 4. The first kappa shape index (κ1) is 24.0. The van der Waals surface area contributed by atoms with Crippen LogP contribution in [0.5, 0.6) is 5.75 Å². The van der Waals surface area contributed by atoms with Crippen LogP contribution in [0.15, 0.2) is 48.5 Å². The normalized spacial score (nSPS) is 22.4. The van der Waals surface area contributed by atoms with Gasteiger partial charge in [-0.2, -0.15) is 0 Å². The molecule has 3 fully saturated rings. The van der Waals surface area contributed by atoms with E-state index in [2.05, 4.69) is 0 Å². The molecular formula is C27H28FN3O5. The summed E-state index contributed by atoms with van der Waals surface area (Å²) < 4.78 is 18.7. The topological polar surface area (TPSA) is 87.2 Å². The fourth-order valence-electron chi connectivity index (χ4n) is 5.15. The molecule has 2 heterocycles. The van der Waals surface area contributed by atoms with Gasteiger partial charge in [0.05, 0.1) is 19.1 Å². The van der Waals surface area contributed by atoms with Crippen LogP contribution in [0.25, 0.3) is 0 Å². The fourth-order valence-corrected chi connectivity index (χ4v) is 5.15. The number of ether oxygens (including phenoxy) is 1. The summed E-state index contributed by atoms with van der Waals surface area (Å²) in [5.74, 6) is -0.953. The van der Waals surface area contributed by atoms with Gasteiger partial charge in [0.25, 0.3) is 0 Å². The van der Waals surface area contributed by atoms with E-state index in [-0.39, 0.29) is 61.4 Å². The number of benzene rings is 2. The molecule has 36 heavy (non-hydrogen) atoms. The van der Waals surface area contributed by atoms with Crippen LogP contribution in [0.2, 0.25) is 0 Å². The minimum atomic E-state index is -1.30. The predicted molar refractivity (Wildman–Crippen MR) is 127 cm³/mol. The first-order chi connectivity index (χ1) is 17.3. The highest BCUT2D eigenvalue weighted by Crippen LogP contribution is 2.44. The standard InChI is InChI=1S/C27H28FN3O5/c1-36-22-9-5-19(6-10-22)27(15-24(33)31(26(27)35)21-7-8-21)14-23(32)30-12-11-29(25(34)17-30)16-18-3-2-4-20(28)13-18/h2-6,9-10,13,21H,7-8,11-12,14-17H2,1H3/t27-/m1/s1. The van der Waals surface area contributed by atoms with Crippen molar-refractivity contribution < 1.29 is 28.3 Å². The molecule has 5 rings (SSSR count). The maximum Gasteiger partial charge on any atom is 0.242 e. The van der Waals surface area contributed by atoms with Gasteiger partial charge in [-0.05, 0) is 48.2 Å². The molecule has 2 aromatic rings. The average Bonchev–Trinajstić information content (AvgIpc) is 3.66. The van der Waals surface area contributed by atoms with Crippen LogP contribution in [0, 0.1) is 5.82 Å². The van der Waals surface area contributed by atoms with Gasteiger partial charge in [0.1, 0.15) is 11.6 Å². The quantitative estimate of drug-likeness (QED) is 0.553. The van der Waals surface area contributed by atoms with Crippen molar-refractivity contribution >= 4 is 23.6 Å². The van der Waals surface area contributed by atoms with Crippen LogP contribution < -0.4 is 4.74 Å². The summed E-state index contributed by atoms with van der Waals surface area (Å²) in [6.45, 7) is 0.740. The van der Waals surface area contributed by atoms with Gasteiger partial charge in [0.15, 0.2) is 0 Å². The Hall–Kier alpha value is -3.75. The molecule has 2 aromatic carbocycles. The minimum absolute atomic E-state index is 0.0755. The third-order valence-electron chi connectivity index (χ3n) is 7.29. The van der Waals surface area contributed by atoms with Gasteiger partial charge < -0.3 is 14.5 Å². The summed E-state index contributed by atoms with van der Waals surface area (Å²) in [7, 11) is 1.54. The molecule has 0 unspecified atom stereocenters. The highest BCUT2D eigenvalue weighted by atomic mass is 19.1. The summed E-state index contributed by atoms with van der Waals surface area (Å²) >= 11 is 0. The van der Waals surface area contributed by atoms with Crippen LogP contribution >= 0.6 is 0 Å². The summed E-state index contributed by atoms with van der Waals surface area (Å²) in [6.07, 6.45) is 1.30. The third kappa shape index (κ3) is 4.45. The molecule has 9 heteroatoms. The molecular weight excluding hydrogens is 465 g/mol. The van der Waals surface area contributed by atoms with Gasteiger partial charge in [0.2, 0.25) is 23.6 Å². The molecule has 1 aliphatic carbocycles. The number of piperazine rings is 1. The first-order valence-electron chi connectivity index (χ1n) is 12.1. The van der Waals surface area contributed by atoms with Crippen LogP contribution in [0.4, 0.5) is 4.39 Å². The van der Waals surface area contributed by atoms with E-state index in [9.17, 15) is 23.6 Å². The molecule has 4 amide bonds. The lowest BCUT2D eigenvalue weighted by atomic mass is 9.75. The van der Waals surface area contributed by atoms with Crippen molar-refractivity contribution in [2.75, 3.05) is 26.7 Å². The van der Waals surface area contributed by atoms with Gasteiger partial charge in [-0.3, -0.25) is 24.1 Å². The van der Waals surface area contributed by atoms with Crippen molar-refractivity contribution in [3.8, 4) is 5.75 Å². The minimum Gasteiger partial charge on any atom is -0.497 e. The molecule has 0 spiro atoms. The van der Waals surface area contributed by atoms with Crippen molar-refractivity contribution in [2.45, 2.75) is 43.7 Å². The van der Waals surface area contributed by atoms with E-state index in [1.807, 2.05) is 0 Å². The van der Waals surface area contributed by atoms with Crippen LogP contribution in [-0.4, -0.2) is 71.1 Å². The SMILES string of the molecule is COc1ccc([C@@]2(CC(=O)N3CCN(Cc4cccc(F)c4)C(=O)C3)CC(=O)N(C3CC3)C2=O)cc1. The number of halogens is 1. The molecule has 8 nitrogen and oxygen atoms in total. The molecule has 0 radical (unpaired) electrons. The second kappa shape index (κ2) is 9.37. The van der Waals surface area contributed by atoms with Crippen LogP contribution in [0.3, 0.4) is 0 Å². The molecule has 0 aromatic heterocycles. The first-order valence-corrected chi connectivity index (χ1v) is 12.1. The Kier molecular flexibility index (Phi) is 6.24. The molecule has 0 N–H and O–H groups in total. The van der Waals surface area contributed by atoms with E-state index < -0.39 is 5.41 Å². The molecule has 1 saturated carbocycles. The number of rotatable bonds is 7. The Labute approximate surface area is 208 Å². The lowest BCUT2D eigenvalue weighted by Gasteiger charge is -2.36. The van der Waals surface area contributed by atoms with E-state index in [1.54, 1.807) is 48.4 Å². The van der Waals surface area contributed by atoms with Gasteiger partial charge in [-0.25, -0.2) is 4.39 Å². The number of hydrogen-bond acceptors (Lipinski definition) is 5. The molecule has 0 bridgehead atoms.